The molecule has 3 aromatic rings. The van der Waals surface area contributed by atoms with E-state index in [4.69, 9.17) is 0 Å². The molecule has 0 saturated carbocycles. The highest BCUT2D eigenvalue weighted by molar-refractivity contribution is 7.92. The number of nitrogens with one attached hydrogen (secondary N) is 2. The third kappa shape index (κ3) is 5.95. The number of carbonyl (C=O) groups excluding carboxylic acids is 1. The Hall–Kier alpha value is -3.12. The van der Waals surface area contributed by atoms with Crippen molar-refractivity contribution in [2.75, 3.05) is 4.72 Å². The van der Waals surface area contributed by atoms with Gasteiger partial charge in [-0.05, 0) is 54.7 Å². The molecule has 0 spiro atoms. The lowest BCUT2D eigenvalue weighted by atomic mass is 9.96. The van der Waals surface area contributed by atoms with Gasteiger partial charge in [-0.3, -0.25) is 9.52 Å². The number of amides is 1. The van der Waals surface area contributed by atoms with Crippen LogP contribution >= 0.6 is 0 Å². The highest BCUT2D eigenvalue weighted by Gasteiger charge is 2.19. The lowest BCUT2D eigenvalue weighted by Gasteiger charge is -2.21. The molecule has 0 fully saturated rings. The molecule has 0 aliphatic heterocycles. The van der Waals surface area contributed by atoms with Crippen LogP contribution in [0.15, 0.2) is 83.8 Å². The van der Waals surface area contributed by atoms with Crippen LogP contribution < -0.4 is 10.0 Å². The fourth-order valence-electron chi connectivity index (χ4n) is 3.35. The average molecular weight is 437 g/mol. The zero-order chi connectivity index (χ0) is 22.4. The normalized spacial score (nSPS) is 12.4. The van der Waals surface area contributed by atoms with Gasteiger partial charge in [-0.2, -0.15) is 0 Å². The molecule has 0 saturated heterocycles. The van der Waals surface area contributed by atoms with E-state index >= 15 is 0 Å². The number of anilines is 1. The van der Waals surface area contributed by atoms with Gasteiger partial charge in [-0.1, -0.05) is 68.4 Å². The van der Waals surface area contributed by atoms with Crippen LogP contribution in [0.25, 0.3) is 0 Å². The second-order valence-electron chi connectivity index (χ2n) is 8.01. The Kier molecular flexibility index (Phi) is 7.13. The number of rotatable bonds is 8. The maximum atomic E-state index is 13.0. The maximum absolute atomic E-state index is 13.0. The van der Waals surface area contributed by atoms with Crippen molar-refractivity contribution in [3.8, 4) is 0 Å². The van der Waals surface area contributed by atoms with Gasteiger partial charge in [-0.25, -0.2) is 8.42 Å². The summed E-state index contributed by atoms with van der Waals surface area (Å²) >= 11 is 0. The molecule has 0 radical (unpaired) electrons. The highest BCUT2D eigenvalue weighted by atomic mass is 32.2. The Morgan fingerprint density at radius 3 is 2.13 bits per heavy atom. The minimum atomic E-state index is -3.74. The number of carbonyl (C=O) groups is 1. The summed E-state index contributed by atoms with van der Waals surface area (Å²) in [5.74, 6) is 0.159. The summed E-state index contributed by atoms with van der Waals surface area (Å²) in [6.45, 7) is 6.03. The van der Waals surface area contributed by atoms with Crippen molar-refractivity contribution >= 4 is 21.6 Å². The zero-order valence-corrected chi connectivity index (χ0v) is 18.8. The molecule has 2 N–H and O–H groups in total. The van der Waals surface area contributed by atoms with E-state index in [2.05, 4.69) is 23.9 Å². The van der Waals surface area contributed by atoms with Crippen molar-refractivity contribution in [2.24, 2.45) is 5.92 Å². The topological polar surface area (TPSA) is 75.3 Å². The summed E-state index contributed by atoms with van der Waals surface area (Å²) in [5.41, 5.74) is 2.57. The molecule has 5 nitrogen and oxygen atoms in total. The van der Waals surface area contributed by atoms with Gasteiger partial charge in [0.05, 0.1) is 16.6 Å². The molecular weight excluding hydrogens is 408 g/mol. The minimum Gasteiger partial charge on any atom is -0.345 e. The third-order valence-electron chi connectivity index (χ3n) is 5.01. The van der Waals surface area contributed by atoms with E-state index in [9.17, 15) is 13.2 Å². The molecule has 1 atom stereocenters. The van der Waals surface area contributed by atoms with E-state index in [1.165, 1.54) is 12.1 Å². The smallest absolute Gasteiger partial charge is 0.261 e. The van der Waals surface area contributed by atoms with Crippen LogP contribution in [0.1, 0.15) is 47.8 Å². The lowest BCUT2D eigenvalue weighted by Crippen LogP contribution is -2.29. The first-order valence-electron chi connectivity index (χ1n) is 10.3. The number of hydrogen-bond acceptors (Lipinski definition) is 3. The molecule has 0 bridgehead atoms. The fourth-order valence-corrected chi connectivity index (χ4v) is 4.50. The van der Waals surface area contributed by atoms with Crippen LogP contribution in [0.5, 0.6) is 0 Å². The standard InChI is InChI=1S/C25H28N2O3S/c1-18(2)16-24(20-10-6-4-7-11-20)26-25(28)21-15-14-19(3)23(17-21)27-31(29,30)22-12-8-5-9-13-22/h4-15,17-18,24,27H,16H2,1-3H3,(H,26,28)/t24-/m0/s1. The number of benzene rings is 3. The van der Waals surface area contributed by atoms with Gasteiger partial charge < -0.3 is 5.32 Å². The van der Waals surface area contributed by atoms with Gasteiger partial charge >= 0.3 is 0 Å². The molecule has 0 heterocycles. The van der Waals surface area contributed by atoms with E-state index in [0.29, 0.717) is 17.2 Å². The fraction of sp³-hybridized carbons (Fsp3) is 0.240. The molecular formula is C25H28N2O3S. The molecule has 0 aliphatic rings. The molecule has 162 valence electrons. The number of hydrogen-bond donors (Lipinski definition) is 2. The second-order valence-corrected chi connectivity index (χ2v) is 9.70. The van der Waals surface area contributed by atoms with Crippen LogP contribution in [0.3, 0.4) is 0 Å². The largest absolute Gasteiger partial charge is 0.345 e. The van der Waals surface area contributed by atoms with E-state index in [-0.39, 0.29) is 16.8 Å². The summed E-state index contributed by atoms with van der Waals surface area (Å²) in [4.78, 5) is 13.2. The van der Waals surface area contributed by atoms with E-state index in [1.54, 1.807) is 43.3 Å². The van der Waals surface area contributed by atoms with Crippen LogP contribution in [0.2, 0.25) is 0 Å². The quantitative estimate of drug-likeness (QED) is 0.502. The Balaban J connectivity index is 1.83. The van der Waals surface area contributed by atoms with Gasteiger partial charge in [-0.15, -0.1) is 0 Å². The monoisotopic (exact) mass is 436 g/mol. The second kappa shape index (κ2) is 9.79. The van der Waals surface area contributed by atoms with E-state index in [1.807, 2.05) is 30.3 Å². The summed E-state index contributed by atoms with van der Waals surface area (Å²) in [5, 5.41) is 3.11. The molecule has 1 amide bonds. The highest BCUT2D eigenvalue weighted by Crippen LogP contribution is 2.24. The number of aryl methyl sites for hydroxylation is 1. The summed E-state index contributed by atoms with van der Waals surface area (Å²) < 4.78 is 28.0. The summed E-state index contributed by atoms with van der Waals surface area (Å²) in [6.07, 6.45) is 0.801. The van der Waals surface area contributed by atoms with Gasteiger partial charge in [0.25, 0.3) is 15.9 Å². The predicted molar refractivity (Wildman–Crippen MR) is 125 cm³/mol. The Morgan fingerprint density at radius 2 is 1.52 bits per heavy atom. The molecule has 3 aromatic carbocycles. The molecule has 0 unspecified atom stereocenters. The maximum Gasteiger partial charge on any atom is 0.261 e. The molecule has 0 aliphatic carbocycles. The van der Waals surface area contributed by atoms with Crippen molar-refractivity contribution in [1.29, 1.82) is 0 Å². The van der Waals surface area contributed by atoms with E-state index in [0.717, 1.165) is 17.5 Å². The Bertz CT molecular complexity index is 1130. The summed E-state index contributed by atoms with van der Waals surface area (Å²) in [6, 6.07) is 22.9. The van der Waals surface area contributed by atoms with Gasteiger partial charge in [0, 0.05) is 5.56 Å². The predicted octanol–water partition coefficient (Wildman–Crippen LogP) is 5.31. The van der Waals surface area contributed by atoms with Gasteiger partial charge in [0.1, 0.15) is 0 Å². The van der Waals surface area contributed by atoms with Crippen LogP contribution in [0, 0.1) is 12.8 Å². The van der Waals surface area contributed by atoms with Crippen LogP contribution in [-0.2, 0) is 10.0 Å². The van der Waals surface area contributed by atoms with Crippen LogP contribution in [-0.4, -0.2) is 14.3 Å². The van der Waals surface area contributed by atoms with E-state index < -0.39 is 10.0 Å². The SMILES string of the molecule is Cc1ccc(C(=O)N[C@@H](CC(C)C)c2ccccc2)cc1NS(=O)(=O)c1ccccc1. The van der Waals surface area contributed by atoms with Crippen molar-refractivity contribution in [3.63, 3.8) is 0 Å². The van der Waals surface area contributed by atoms with Crippen molar-refractivity contribution in [1.82, 2.24) is 5.32 Å². The van der Waals surface area contributed by atoms with Crippen molar-refractivity contribution < 1.29 is 13.2 Å². The van der Waals surface area contributed by atoms with Crippen molar-refractivity contribution in [2.45, 2.75) is 38.1 Å². The Labute approximate surface area is 184 Å². The van der Waals surface area contributed by atoms with Crippen molar-refractivity contribution in [3.05, 3.63) is 95.6 Å². The first-order valence-corrected chi connectivity index (χ1v) is 11.8. The molecule has 3 rings (SSSR count). The average Bonchev–Trinajstić information content (AvgIpc) is 2.75. The Morgan fingerprint density at radius 1 is 0.903 bits per heavy atom. The van der Waals surface area contributed by atoms with Gasteiger partial charge in [0.2, 0.25) is 0 Å². The molecule has 31 heavy (non-hydrogen) atoms. The van der Waals surface area contributed by atoms with Gasteiger partial charge in [0.15, 0.2) is 0 Å². The first-order chi connectivity index (χ1) is 14.8. The zero-order valence-electron chi connectivity index (χ0n) is 18.0. The van der Waals surface area contributed by atoms with Crippen LogP contribution in [0.4, 0.5) is 5.69 Å². The minimum absolute atomic E-state index is 0.125. The number of sulfonamides is 1. The molecule has 6 heteroatoms. The lowest BCUT2D eigenvalue weighted by molar-refractivity contribution is 0.0932. The summed E-state index contributed by atoms with van der Waals surface area (Å²) in [7, 11) is -3.74. The third-order valence-corrected chi connectivity index (χ3v) is 6.39. The molecule has 0 aromatic heterocycles. The first kappa shape index (κ1) is 22.6.